The molecule has 0 spiro atoms. The normalized spacial score (nSPS) is 14.8. The minimum Gasteiger partial charge on any atom is -0.508 e. The van der Waals surface area contributed by atoms with Crippen LogP contribution >= 0.6 is 0 Å². The third-order valence-corrected chi connectivity index (χ3v) is 12.2. The van der Waals surface area contributed by atoms with Crippen LogP contribution in [0.5, 0.6) is 5.75 Å². The number of phenols is 1. The van der Waals surface area contributed by atoms with Gasteiger partial charge < -0.3 is 119 Å². The number of hydrogen-bond donors (Lipinski definition) is 22. The van der Waals surface area contributed by atoms with E-state index < -0.39 is 170 Å². The fourth-order valence-corrected chi connectivity index (χ4v) is 7.57. The molecule has 30 N–H and O–H groups in total. The average molecular weight is 1210 g/mol. The monoisotopic (exact) mass is 1210 g/mol. The first-order chi connectivity index (χ1) is 39.9. The standard InChI is InChI=1S/C49H83N19O17/c1-23(60-46(83)37(24(2)71)68-45(82)34(22-70)67-43(80)32(20-36(53)74)64-39(76)27(51)7-3-4-16-50)38(75)61-29(14-15-35(52)73)41(78)62-28(8-5-17-58-48(54)55)40(77)66-33(21-69)44(81)65-31(19-25-10-12-26(72)13-11-25)42(79)63-30(47(84)85)9-6-18-59-49(56)57/h10-13,23-24,27-34,37,69-72H,3-9,14-22,50-51H2,1-2H3,(H2,52,73)(H2,53,74)(H,60,83)(H,61,75)(H,62,78)(H,63,79)(H,64,76)(H,65,81)(H,66,77)(H,67,80)(H,68,82)(H,84,85)(H4,54,55,58)(H4,56,57,59)/t23-,24+,27-,28-,29-,30-,31-,32-,33-,34-,37-/m0/s1. The lowest BCUT2D eigenvalue weighted by Crippen LogP contribution is -2.62. The average Bonchev–Trinajstić information content (AvgIpc) is 3.53. The molecule has 0 saturated carbocycles. The fourth-order valence-electron chi connectivity index (χ4n) is 7.57. The number of benzene rings is 1. The van der Waals surface area contributed by atoms with Gasteiger partial charge in [-0.2, -0.15) is 0 Å². The highest BCUT2D eigenvalue weighted by Crippen LogP contribution is 2.13. The third kappa shape index (κ3) is 29.2. The zero-order chi connectivity index (χ0) is 64.5. The number of hydrogen-bond acceptors (Lipinski definition) is 20. The van der Waals surface area contributed by atoms with Crippen LogP contribution in [0.2, 0.25) is 0 Å². The van der Waals surface area contributed by atoms with E-state index in [4.69, 9.17) is 45.9 Å². The molecule has 85 heavy (non-hydrogen) atoms. The summed E-state index contributed by atoms with van der Waals surface area (Å²) >= 11 is 0. The Balaban J connectivity index is 3.39. The van der Waals surface area contributed by atoms with E-state index in [0.717, 1.165) is 13.8 Å². The fraction of sp³-hybridized carbons (Fsp3) is 0.592. The van der Waals surface area contributed by atoms with Crippen molar-refractivity contribution in [3.63, 3.8) is 0 Å². The van der Waals surface area contributed by atoms with Crippen LogP contribution in [0.15, 0.2) is 34.3 Å². The molecule has 0 bridgehead atoms. The Labute approximate surface area is 487 Å². The van der Waals surface area contributed by atoms with E-state index in [1.54, 1.807) is 0 Å². The van der Waals surface area contributed by atoms with Crippen molar-refractivity contribution in [3.05, 3.63) is 29.8 Å². The van der Waals surface area contributed by atoms with Crippen LogP contribution in [0.4, 0.5) is 0 Å². The van der Waals surface area contributed by atoms with Gasteiger partial charge in [0.05, 0.1) is 31.8 Å². The summed E-state index contributed by atoms with van der Waals surface area (Å²) in [5.41, 5.74) is 43.9. The molecule has 0 saturated heterocycles. The number of nitrogens with zero attached hydrogens (tertiary/aromatic N) is 2. The molecular formula is C49H83N19O17. The molecule has 0 heterocycles. The molecule has 0 unspecified atom stereocenters. The molecule has 1 rings (SSSR count). The Kier molecular flexibility index (Phi) is 33.7. The first-order valence-electron chi connectivity index (χ1n) is 26.7. The van der Waals surface area contributed by atoms with Gasteiger partial charge >= 0.3 is 5.97 Å². The lowest BCUT2D eigenvalue weighted by Gasteiger charge is -2.27. The van der Waals surface area contributed by atoms with Gasteiger partial charge in [-0.15, -0.1) is 0 Å². The Morgan fingerprint density at radius 2 is 0.929 bits per heavy atom. The number of primary amides is 2. The molecule has 1 aromatic rings. The summed E-state index contributed by atoms with van der Waals surface area (Å²) in [6, 6.07) is -11.2. The number of aliphatic carboxylic acids is 1. The number of aliphatic hydroxyl groups is 3. The van der Waals surface area contributed by atoms with E-state index in [9.17, 15) is 83.1 Å². The van der Waals surface area contributed by atoms with Gasteiger partial charge in [0, 0.05) is 25.9 Å². The van der Waals surface area contributed by atoms with E-state index in [1.807, 2.05) is 0 Å². The summed E-state index contributed by atoms with van der Waals surface area (Å²) in [6.07, 6.45) is -3.08. The molecule has 0 aliphatic carbocycles. The maximum absolute atomic E-state index is 14.0. The number of carbonyl (C=O) groups excluding carboxylic acids is 11. The molecule has 0 aliphatic heterocycles. The number of rotatable bonds is 41. The number of nitrogens with one attached hydrogen (secondary N) is 9. The van der Waals surface area contributed by atoms with Gasteiger partial charge in [0.1, 0.15) is 60.1 Å². The number of guanidine groups is 2. The van der Waals surface area contributed by atoms with Crippen LogP contribution in [0, 0.1) is 0 Å². The summed E-state index contributed by atoms with van der Waals surface area (Å²) in [6.45, 7) is 0.147. The van der Waals surface area contributed by atoms with E-state index in [2.05, 4.69) is 57.8 Å². The van der Waals surface area contributed by atoms with Gasteiger partial charge in [0.2, 0.25) is 65.0 Å². The van der Waals surface area contributed by atoms with E-state index in [0.29, 0.717) is 24.9 Å². The maximum Gasteiger partial charge on any atom is 0.326 e. The lowest BCUT2D eigenvalue weighted by atomic mass is 10.0. The number of carboxylic acid groups (broad SMARTS) is 1. The summed E-state index contributed by atoms with van der Waals surface area (Å²) in [4.78, 5) is 165. The predicted octanol–water partition coefficient (Wildman–Crippen LogP) is -10.5. The van der Waals surface area contributed by atoms with Gasteiger partial charge in [-0.05, 0) is 83.0 Å². The highest BCUT2D eigenvalue weighted by Gasteiger charge is 2.36. The number of unbranched alkanes of at least 4 members (excludes halogenated alkanes) is 1. The summed E-state index contributed by atoms with van der Waals surface area (Å²) < 4.78 is 0. The highest BCUT2D eigenvalue weighted by molar-refractivity contribution is 5.99. The molecule has 11 atom stereocenters. The number of aliphatic imine (C=N–C) groups is 2. The first kappa shape index (κ1) is 74.0. The van der Waals surface area contributed by atoms with Gasteiger partial charge in [-0.1, -0.05) is 18.6 Å². The summed E-state index contributed by atoms with van der Waals surface area (Å²) in [5.74, 6) is -14.3. The Bertz CT molecular complexity index is 2500. The summed E-state index contributed by atoms with van der Waals surface area (Å²) in [5, 5.41) is 71.0. The number of carbonyl (C=O) groups is 12. The zero-order valence-electron chi connectivity index (χ0n) is 47.1. The third-order valence-electron chi connectivity index (χ3n) is 12.2. The molecule has 0 fully saturated rings. The van der Waals surface area contributed by atoms with Gasteiger partial charge in [-0.3, -0.25) is 62.7 Å². The largest absolute Gasteiger partial charge is 0.508 e. The Hall–Kier alpha value is -9.00. The smallest absolute Gasteiger partial charge is 0.326 e. The van der Waals surface area contributed by atoms with Crippen molar-refractivity contribution in [2.24, 2.45) is 55.9 Å². The molecular weight excluding hydrogens is 1130 g/mol. The van der Waals surface area contributed by atoms with Crippen LogP contribution in [-0.4, -0.2) is 208 Å². The second-order valence-corrected chi connectivity index (χ2v) is 19.4. The molecule has 11 amide bonds. The zero-order valence-corrected chi connectivity index (χ0v) is 47.1. The van der Waals surface area contributed by atoms with Crippen molar-refractivity contribution >= 4 is 82.9 Å². The van der Waals surface area contributed by atoms with Gasteiger partial charge in [0.15, 0.2) is 11.9 Å². The van der Waals surface area contributed by atoms with Crippen molar-refractivity contribution in [2.75, 3.05) is 32.8 Å². The topological polar surface area (TPSA) is 647 Å². The number of phenolic OH excluding ortho intramolecular Hbond substituents is 1. The quantitative estimate of drug-likeness (QED) is 0.0164. The molecule has 36 heteroatoms. The van der Waals surface area contributed by atoms with Crippen molar-refractivity contribution in [2.45, 2.75) is 151 Å². The molecule has 0 aliphatic rings. The van der Waals surface area contributed by atoms with Crippen molar-refractivity contribution < 1.29 is 83.1 Å². The molecule has 1 aromatic carbocycles. The highest BCUT2D eigenvalue weighted by atomic mass is 16.4. The van der Waals surface area contributed by atoms with Crippen LogP contribution < -0.4 is 93.7 Å². The minimum absolute atomic E-state index is 0.0210. The Morgan fingerprint density at radius 1 is 0.494 bits per heavy atom. The molecule has 0 aromatic heterocycles. The number of amides is 11. The number of aliphatic hydroxyl groups excluding tert-OH is 3. The Morgan fingerprint density at radius 3 is 1.41 bits per heavy atom. The number of nitrogens with two attached hydrogens (primary N) is 8. The van der Waals surface area contributed by atoms with Crippen molar-refractivity contribution in [1.29, 1.82) is 0 Å². The van der Waals surface area contributed by atoms with Crippen LogP contribution in [0.25, 0.3) is 0 Å². The number of aromatic hydroxyl groups is 1. The summed E-state index contributed by atoms with van der Waals surface area (Å²) in [7, 11) is 0. The minimum atomic E-state index is -1.91. The number of carboxylic acids is 1. The van der Waals surface area contributed by atoms with E-state index in [-0.39, 0.29) is 69.3 Å². The van der Waals surface area contributed by atoms with E-state index in [1.165, 1.54) is 24.3 Å². The van der Waals surface area contributed by atoms with E-state index >= 15 is 0 Å². The van der Waals surface area contributed by atoms with Gasteiger partial charge in [0.25, 0.3) is 0 Å². The second kappa shape index (κ2) is 38.7. The van der Waals surface area contributed by atoms with Gasteiger partial charge in [-0.25, -0.2) is 4.79 Å². The van der Waals surface area contributed by atoms with Crippen molar-refractivity contribution in [1.82, 2.24) is 47.9 Å². The first-order valence-corrected chi connectivity index (χ1v) is 26.7. The molecule has 476 valence electrons. The second-order valence-electron chi connectivity index (χ2n) is 19.4. The van der Waals surface area contributed by atoms with Crippen LogP contribution in [0.3, 0.4) is 0 Å². The SMILES string of the molecule is C[C@H](NC(=O)[C@@H](NC(=O)[C@H](CO)NC(=O)[C@H](CC(N)=O)NC(=O)[C@@H](N)CCCCN)[C@@H](C)O)C(=O)N[C@@H](CCC(N)=O)C(=O)N[C@@H](CCCN=C(N)N)C(=O)N[C@@H](CO)C(=O)N[C@@H](Cc1ccc(O)cc1)C(=O)N[C@@H](CCCN=C(N)N)C(=O)O. The molecule has 0 radical (unpaired) electrons. The predicted molar refractivity (Wildman–Crippen MR) is 301 cm³/mol. The van der Waals surface area contributed by atoms with Crippen LogP contribution in [-0.2, 0) is 64.0 Å². The molecule has 36 nitrogen and oxygen atoms in total. The van der Waals surface area contributed by atoms with Crippen molar-refractivity contribution in [3.8, 4) is 5.75 Å². The lowest BCUT2D eigenvalue weighted by molar-refractivity contribution is -0.142. The maximum atomic E-state index is 14.0. The van der Waals surface area contributed by atoms with Crippen LogP contribution in [0.1, 0.15) is 83.6 Å².